The maximum absolute atomic E-state index is 13.2. The van der Waals surface area contributed by atoms with E-state index in [1.807, 2.05) is 24.3 Å². The number of hydrogen-bond donors (Lipinski definition) is 0. The van der Waals surface area contributed by atoms with Crippen molar-refractivity contribution < 1.29 is 13.9 Å². The average molecular weight is 368 g/mol. The summed E-state index contributed by atoms with van der Waals surface area (Å²) in [5.41, 5.74) is -0.188. The van der Waals surface area contributed by atoms with Crippen LogP contribution in [0.2, 0.25) is 0 Å². The van der Waals surface area contributed by atoms with Crippen molar-refractivity contribution in [2.45, 2.75) is 25.9 Å². The molecule has 3 aromatic rings. The van der Waals surface area contributed by atoms with Gasteiger partial charge in [-0.25, -0.2) is 0 Å². The number of carbonyl (C=O) groups is 1. The molecule has 1 fully saturated rings. The largest absolute Gasteiger partial charge is 0.423 e. The molecule has 1 saturated heterocycles. The van der Waals surface area contributed by atoms with Gasteiger partial charge in [0.25, 0.3) is 5.56 Å². The molecular formula is C19H20N4O4. The van der Waals surface area contributed by atoms with Gasteiger partial charge in [0.15, 0.2) is 0 Å². The van der Waals surface area contributed by atoms with Gasteiger partial charge in [-0.2, -0.15) is 0 Å². The summed E-state index contributed by atoms with van der Waals surface area (Å²) in [5, 5.41) is 9.31. The van der Waals surface area contributed by atoms with Gasteiger partial charge in [0.2, 0.25) is 17.7 Å². The van der Waals surface area contributed by atoms with Gasteiger partial charge in [-0.15, -0.1) is 10.2 Å². The minimum atomic E-state index is -0.660. The molecule has 0 saturated carbocycles. The van der Waals surface area contributed by atoms with E-state index in [1.54, 1.807) is 31.0 Å². The van der Waals surface area contributed by atoms with Crippen molar-refractivity contribution >= 4 is 16.7 Å². The molecule has 8 nitrogen and oxygen atoms in total. The first-order valence-electron chi connectivity index (χ1n) is 8.84. The maximum Gasteiger partial charge on any atom is 0.259 e. The zero-order valence-electron chi connectivity index (χ0n) is 15.2. The lowest BCUT2D eigenvalue weighted by Gasteiger charge is -2.35. The maximum atomic E-state index is 13.2. The van der Waals surface area contributed by atoms with Crippen LogP contribution in [-0.4, -0.2) is 45.3 Å². The molecule has 1 aliphatic rings. The lowest BCUT2D eigenvalue weighted by molar-refractivity contribution is -0.144. The quantitative estimate of drug-likeness (QED) is 0.701. The third kappa shape index (κ3) is 3.12. The molecule has 2 atom stereocenters. The highest BCUT2D eigenvalue weighted by molar-refractivity contribution is 5.83. The fourth-order valence-corrected chi connectivity index (χ4v) is 3.39. The number of aromatic nitrogens is 3. The van der Waals surface area contributed by atoms with E-state index in [0.29, 0.717) is 30.3 Å². The molecule has 27 heavy (non-hydrogen) atoms. The van der Waals surface area contributed by atoms with Crippen LogP contribution in [-0.2, 0) is 9.53 Å². The van der Waals surface area contributed by atoms with E-state index in [2.05, 4.69) is 10.2 Å². The molecule has 2 aromatic heterocycles. The van der Waals surface area contributed by atoms with Gasteiger partial charge in [0, 0.05) is 25.1 Å². The van der Waals surface area contributed by atoms with Crippen LogP contribution in [0.3, 0.4) is 0 Å². The second kappa shape index (κ2) is 6.96. The predicted octanol–water partition coefficient (Wildman–Crippen LogP) is 1.85. The van der Waals surface area contributed by atoms with Gasteiger partial charge in [-0.3, -0.25) is 9.59 Å². The Balaban J connectivity index is 1.66. The van der Waals surface area contributed by atoms with E-state index in [0.717, 1.165) is 5.39 Å². The minimum Gasteiger partial charge on any atom is -0.423 e. The molecule has 0 radical (unpaired) electrons. The molecule has 8 heteroatoms. The van der Waals surface area contributed by atoms with Crippen molar-refractivity contribution in [1.29, 1.82) is 0 Å². The first-order valence-corrected chi connectivity index (χ1v) is 8.84. The molecule has 0 bridgehead atoms. The zero-order valence-corrected chi connectivity index (χ0v) is 15.2. The lowest BCUT2D eigenvalue weighted by atomic mass is 10.1. The number of benzene rings is 1. The average Bonchev–Trinajstić information content (AvgIpc) is 3.13. The van der Waals surface area contributed by atoms with Crippen LogP contribution >= 0.6 is 0 Å². The number of rotatable bonds is 3. The molecule has 1 amide bonds. The van der Waals surface area contributed by atoms with Crippen molar-refractivity contribution in [2.24, 2.45) is 0 Å². The number of pyridine rings is 1. The summed E-state index contributed by atoms with van der Waals surface area (Å²) in [6.45, 7) is 4.53. The van der Waals surface area contributed by atoms with E-state index in [1.165, 1.54) is 4.57 Å². The van der Waals surface area contributed by atoms with E-state index < -0.39 is 12.1 Å². The highest BCUT2D eigenvalue weighted by Crippen LogP contribution is 2.26. The summed E-state index contributed by atoms with van der Waals surface area (Å²) >= 11 is 0. The second-order valence-electron chi connectivity index (χ2n) is 6.57. The zero-order chi connectivity index (χ0) is 19.0. The Hall–Kier alpha value is -3.00. The van der Waals surface area contributed by atoms with Gasteiger partial charge < -0.3 is 18.6 Å². The first kappa shape index (κ1) is 17.4. The van der Waals surface area contributed by atoms with Gasteiger partial charge in [0.05, 0.1) is 13.2 Å². The van der Waals surface area contributed by atoms with E-state index >= 15 is 0 Å². The smallest absolute Gasteiger partial charge is 0.259 e. The number of ether oxygens (including phenoxy) is 1. The van der Waals surface area contributed by atoms with Gasteiger partial charge in [-0.1, -0.05) is 18.2 Å². The summed E-state index contributed by atoms with van der Waals surface area (Å²) in [6, 6.07) is 8.08. The van der Waals surface area contributed by atoms with Gasteiger partial charge >= 0.3 is 0 Å². The van der Waals surface area contributed by atoms with Crippen LogP contribution in [0.25, 0.3) is 10.8 Å². The Kier molecular flexibility index (Phi) is 4.49. The van der Waals surface area contributed by atoms with Gasteiger partial charge in [0.1, 0.15) is 12.1 Å². The Morgan fingerprint density at radius 3 is 2.85 bits per heavy atom. The number of hydrogen-bond acceptors (Lipinski definition) is 6. The van der Waals surface area contributed by atoms with Crippen molar-refractivity contribution in [2.75, 3.05) is 19.8 Å². The van der Waals surface area contributed by atoms with Crippen molar-refractivity contribution in [3.8, 4) is 0 Å². The van der Waals surface area contributed by atoms with Crippen LogP contribution in [0.1, 0.15) is 30.8 Å². The number of nitrogens with zero attached hydrogens (tertiary/aromatic N) is 4. The molecule has 0 spiro atoms. The minimum absolute atomic E-state index is 0.184. The highest BCUT2D eigenvalue weighted by atomic mass is 16.5. The molecule has 1 aliphatic heterocycles. The molecule has 0 aliphatic carbocycles. The summed E-state index contributed by atoms with van der Waals surface area (Å²) in [5.74, 6) is 0.594. The van der Waals surface area contributed by atoms with Crippen LogP contribution < -0.4 is 5.56 Å². The van der Waals surface area contributed by atoms with Crippen molar-refractivity contribution in [3.05, 3.63) is 58.7 Å². The van der Waals surface area contributed by atoms with Gasteiger partial charge in [-0.05, 0) is 24.4 Å². The summed E-state index contributed by atoms with van der Waals surface area (Å²) in [6.07, 6.45) is 1.67. The van der Waals surface area contributed by atoms with E-state index in [4.69, 9.17) is 9.15 Å². The fraction of sp³-hybridized carbons (Fsp3) is 0.368. The molecule has 3 heterocycles. The predicted molar refractivity (Wildman–Crippen MR) is 97.2 cm³/mol. The second-order valence-corrected chi connectivity index (χ2v) is 6.57. The highest BCUT2D eigenvalue weighted by Gasteiger charge is 2.35. The van der Waals surface area contributed by atoms with Crippen LogP contribution in [0, 0.1) is 6.92 Å². The van der Waals surface area contributed by atoms with Crippen LogP contribution in [0.4, 0.5) is 0 Å². The summed E-state index contributed by atoms with van der Waals surface area (Å²) in [4.78, 5) is 27.7. The van der Waals surface area contributed by atoms with Crippen molar-refractivity contribution in [3.63, 3.8) is 0 Å². The molecule has 1 aromatic carbocycles. The third-order valence-corrected chi connectivity index (χ3v) is 4.85. The lowest BCUT2D eigenvalue weighted by Crippen LogP contribution is -2.47. The van der Waals surface area contributed by atoms with Crippen LogP contribution in [0.5, 0.6) is 0 Å². The Morgan fingerprint density at radius 2 is 2.07 bits per heavy atom. The third-order valence-electron chi connectivity index (χ3n) is 4.85. The van der Waals surface area contributed by atoms with E-state index in [9.17, 15) is 9.59 Å². The standard InChI is InChI=1S/C19H20N4O4/c1-12(22-8-7-14-5-3-4-6-15(14)19(22)25)18(24)23-9-10-26-11-16(23)17-21-20-13(2)27-17/h3-8,12,16H,9-11H2,1-2H3. The Bertz CT molecular complexity index is 1040. The summed E-state index contributed by atoms with van der Waals surface area (Å²) < 4.78 is 12.5. The monoisotopic (exact) mass is 368 g/mol. The normalized spacial score (nSPS) is 18.6. The first-order chi connectivity index (χ1) is 13.1. The van der Waals surface area contributed by atoms with Crippen LogP contribution in [0.15, 0.2) is 45.7 Å². The molecular weight excluding hydrogens is 348 g/mol. The number of fused-ring (bicyclic) bond motifs is 1. The summed E-state index contributed by atoms with van der Waals surface area (Å²) in [7, 11) is 0. The fourth-order valence-electron chi connectivity index (χ4n) is 3.39. The number of aryl methyl sites for hydroxylation is 1. The topological polar surface area (TPSA) is 90.5 Å². The number of carbonyl (C=O) groups excluding carboxylic acids is 1. The Morgan fingerprint density at radius 1 is 1.26 bits per heavy atom. The van der Waals surface area contributed by atoms with Crippen molar-refractivity contribution in [1.82, 2.24) is 19.7 Å². The molecule has 2 unspecified atom stereocenters. The number of morpholine rings is 1. The molecule has 140 valence electrons. The Labute approximate surface area is 155 Å². The SMILES string of the molecule is Cc1nnc(C2COCCN2C(=O)C(C)n2ccc3ccccc3c2=O)o1. The molecule has 0 N–H and O–H groups in total. The van der Waals surface area contributed by atoms with E-state index in [-0.39, 0.29) is 18.1 Å². The molecule has 4 rings (SSSR count). The number of amides is 1.